The van der Waals surface area contributed by atoms with Gasteiger partial charge in [0, 0.05) is 49.5 Å². The number of alkyl halides is 6. The van der Waals surface area contributed by atoms with Crippen molar-refractivity contribution >= 4 is 101 Å². The number of hydrogen-bond acceptors (Lipinski definition) is 18. The molecule has 8 N–H and O–H groups in total. The number of benzene rings is 2. The Morgan fingerprint density at radius 2 is 0.743 bits per heavy atom. The molecular weight excluding hydrogens is 1380 g/mol. The minimum Gasteiger partial charge on any atom is -0.387 e. The summed E-state index contributed by atoms with van der Waals surface area (Å²) in [6.45, 7) is 1.31. The van der Waals surface area contributed by atoms with Gasteiger partial charge in [-0.1, -0.05) is 56.0 Å². The van der Waals surface area contributed by atoms with Gasteiger partial charge in [-0.05, 0) is 186 Å². The van der Waals surface area contributed by atoms with Crippen LogP contribution in [0.15, 0.2) is 109 Å². The average molecular weight is 1470 g/mol. The van der Waals surface area contributed by atoms with Crippen molar-refractivity contribution in [2.24, 2.45) is 118 Å². The summed E-state index contributed by atoms with van der Waals surface area (Å²) in [5, 5.41) is 3.91. The summed E-state index contributed by atoms with van der Waals surface area (Å²) in [7, 11) is 4.83. The predicted molar refractivity (Wildman–Crippen MR) is 369 cm³/mol. The van der Waals surface area contributed by atoms with Crippen molar-refractivity contribution in [3.05, 3.63) is 132 Å². The molecule has 5 heterocycles. The second-order valence-electron chi connectivity index (χ2n) is 26.4. The van der Waals surface area contributed by atoms with Crippen molar-refractivity contribution in [3.63, 3.8) is 0 Å². The summed E-state index contributed by atoms with van der Waals surface area (Å²) >= 11 is 0. The number of hydrogen-bond donors (Lipinski definition) is 6. The number of Topliss-reactive ketones (excluding diaryl/α,β-unsaturated/α-hetero) is 1. The summed E-state index contributed by atoms with van der Waals surface area (Å²) in [6, 6.07) is 7.82. The quantitative estimate of drug-likeness (QED) is 0.0209. The molecule has 101 heavy (non-hydrogen) atoms. The van der Waals surface area contributed by atoms with Gasteiger partial charge < -0.3 is 4.74 Å². The number of imide groups is 4. The first-order valence-corrected chi connectivity index (χ1v) is 32.3. The number of carbonyl (C=O) groups is 12. The molecule has 2 aromatic rings. The van der Waals surface area contributed by atoms with Gasteiger partial charge in [0.1, 0.15) is 0 Å². The Balaban J connectivity index is 0.000000192. The first kappa shape index (κ1) is 82.6. The third-order valence-corrected chi connectivity index (χ3v) is 21.5. The molecule has 23 nitrogen and oxygen atoms in total. The maximum atomic E-state index is 12.8. The number of allylic oxidation sites excluding steroid dienone is 6. The molecule has 18 aliphatic rings. The zero-order valence-electron chi connectivity index (χ0n) is 55.5. The van der Waals surface area contributed by atoms with Gasteiger partial charge in [0.05, 0.1) is 46.6 Å². The predicted octanol–water partition coefficient (Wildman–Crippen LogP) is 6.69. The fraction of sp³-hybridized carbons (Fsp3) is 0.507. The zero-order chi connectivity index (χ0) is 70.3. The van der Waals surface area contributed by atoms with E-state index in [-0.39, 0.29) is 149 Å². The highest BCUT2D eigenvalue weighted by atomic mass is 31.0. The van der Waals surface area contributed by atoms with Crippen LogP contribution in [0.4, 0.5) is 26.3 Å². The second-order valence-corrected chi connectivity index (χ2v) is 26.4. The van der Waals surface area contributed by atoms with E-state index in [2.05, 4.69) is 56.6 Å². The number of hydrazine groups is 5. The van der Waals surface area contributed by atoms with Crippen molar-refractivity contribution < 1.29 is 88.6 Å². The van der Waals surface area contributed by atoms with Gasteiger partial charge in [-0.3, -0.25) is 64.6 Å². The number of rotatable bonds is 5. The average Bonchev–Trinajstić information content (AvgIpc) is 1.55. The molecule has 0 radical (unpaired) electrons. The lowest BCUT2D eigenvalue weighted by molar-refractivity contribution is -0.151. The first-order chi connectivity index (χ1) is 46.1. The molecular formula is C69H89F6N10O13P3. The van der Waals surface area contributed by atoms with Crippen LogP contribution in [-0.2, 0) is 65.0 Å². The number of carbonyl (C=O) groups excluding carboxylic acids is 12. The van der Waals surface area contributed by atoms with E-state index in [1.807, 2.05) is 12.2 Å². The summed E-state index contributed by atoms with van der Waals surface area (Å²) in [4.78, 5) is 138. The number of esters is 2. The van der Waals surface area contributed by atoms with Crippen molar-refractivity contribution in [2.45, 2.75) is 90.9 Å². The summed E-state index contributed by atoms with van der Waals surface area (Å²) in [5.74, 6) is 12.2. The van der Waals surface area contributed by atoms with E-state index in [0.29, 0.717) is 35.5 Å². The molecule has 15 fully saturated rings. The molecule has 3 saturated heterocycles. The first-order valence-electron chi connectivity index (χ1n) is 32.3. The van der Waals surface area contributed by atoms with E-state index in [9.17, 15) is 83.9 Å². The summed E-state index contributed by atoms with van der Waals surface area (Å²) in [5.41, 5.74) is 8.40. The van der Waals surface area contributed by atoms with Crippen LogP contribution in [0.25, 0.3) is 0 Å². The van der Waals surface area contributed by atoms with Crippen molar-refractivity contribution in [2.75, 3.05) is 21.1 Å². The van der Waals surface area contributed by atoms with Crippen LogP contribution in [0.2, 0.25) is 0 Å². The molecule has 20 rings (SSSR count). The number of amides is 9. The number of fused-ring (bicyclic) bond motifs is 3. The lowest BCUT2D eigenvalue weighted by atomic mass is 9.59. The van der Waals surface area contributed by atoms with E-state index in [1.54, 1.807) is 14.1 Å². The Morgan fingerprint density at radius 3 is 1.01 bits per heavy atom. The Labute approximate surface area is 590 Å². The molecule has 13 aliphatic carbocycles. The maximum Gasteiger partial charge on any atom is 0.416 e. The van der Waals surface area contributed by atoms with Crippen LogP contribution in [-0.4, -0.2) is 112 Å². The van der Waals surface area contributed by atoms with Crippen molar-refractivity contribution in [1.82, 2.24) is 41.7 Å². The molecule has 550 valence electrons. The van der Waals surface area contributed by atoms with Gasteiger partial charge in [-0.25, -0.2) is 41.3 Å². The maximum absolute atomic E-state index is 12.8. The minimum absolute atomic E-state index is 0. The van der Waals surface area contributed by atoms with E-state index in [0.717, 1.165) is 126 Å². The van der Waals surface area contributed by atoms with E-state index in [4.69, 9.17) is 5.84 Å². The molecule has 2 aromatic carbocycles. The van der Waals surface area contributed by atoms with Crippen LogP contribution in [0.1, 0.15) is 110 Å². The standard InChI is InChI=1S/C19H17F3N2O3.C12H16N2O2.C11H14N2O2.C9H7F3O.C7H8.C5H6N2O2.C4H2O3.CH6N2.CH4.3H3P/c20-19(21,22)9-3-1-8(2-4-9)16(25)23-24-17(26)14-10-5-6-11(13-7-12(10)13)15(14)18(24)27;1-13-14-11(15)9-5-2-3-6(8-4-7(5)8)10(9)12(14)16;12-13-10(14)8-4-1-2-5(7-3-6(4)7)9(8)11(13)15;1-6(13)7-2-4-8(5-3-7)9(10,11)12;1-2-4-6-7-5-3-1;1-6-7-4(8)2-3-5(7)9;5-3-1-2-4(6)7-3;1-3-2;;;;/h1-4,10-15H,5-7H2,(H,23,25);5-10,13H,2-4H2,1H3;4-9H,1-3,12H2;2-5H,1H3;1-6H,7H2;2-3,6H,1H3;1-2H;3H,2H2,1H3;1H4;3*1H3/t10?,11?,12-,13+,14+,15-;5?,6?,7-,8+,9+,10-;4?,5?,6-,7+,8+,9-;;;;;;;;;. The molecule has 0 spiro atoms. The molecule has 12 saturated carbocycles. The summed E-state index contributed by atoms with van der Waals surface area (Å²) in [6.07, 6.45) is 19.4. The third-order valence-electron chi connectivity index (χ3n) is 21.5. The van der Waals surface area contributed by atoms with Gasteiger partial charge >= 0.3 is 24.3 Å². The SMILES string of the molecule is C.C1=CC=CCC=C1.CC(=O)c1ccc(C(F)(F)F)cc1.CNN.CNN1C(=O)C=CC1=O.CNN1C(=O)[C@@H]2C3CCC([C@H]4C[C@@H]34)[C@@H]2C1=O.NN1C(=O)[C@@H]2C3CCC([C@H]4C[C@@H]34)[C@@H]2C1=O.O=C(NN1C(=O)[C@@H]2C3CCC([C@H]4C[C@@H]34)[C@@H]2C1=O)c1ccc(C(F)(F)F)cc1.O=C1C=CC(=O)O1.P.P.P. The van der Waals surface area contributed by atoms with Gasteiger partial charge in [0.2, 0.25) is 23.6 Å². The van der Waals surface area contributed by atoms with Gasteiger partial charge in [0.25, 0.3) is 29.5 Å². The molecule has 5 aliphatic heterocycles. The lowest BCUT2D eigenvalue weighted by Gasteiger charge is -2.42. The molecule has 9 unspecified atom stereocenters. The van der Waals surface area contributed by atoms with Gasteiger partial charge in [-0.15, -0.1) is 0 Å². The van der Waals surface area contributed by atoms with Crippen LogP contribution in [0.5, 0.6) is 0 Å². The van der Waals surface area contributed by atoms with Crippen LogP contribution in [0, 0.1) is 107 Å². The molecule has 9 amide bonds. The highest BCUT2D eigenvalue weighted by molar-refractivity contribution is 6.92. The van der Waals surface area contributed by atoms with E-state index in [1.165, 1.54) is 68.9 Å². The van der Waals surface area contributed by atoms with Crippen molar-refractivity contribution in [3.8, 4) is 0 Å². The highest BCUT2D eigenvalue weighted by Gasteiger charge is 2.71. The monoisotopic (exact) mass is 1470 g/mol. The fourth-order valence-electron chi connectivity index (χ4n) is 17.3. The Hall–Kier alpha value is -7.35. The number of ketones is 1. The number of nitrogens with one attached hydrogen (secondary N) is 4. The minimum atomic E-state index is -4.49. The van der Waals surface area contributed by atoms with Crippen LogP contribution < -0.4 is 33.4 Å². The Morgan fingerprint density at radius 1 is 0.446 bits per heavy atom. The normalized spacial score (nSPS) is 32.0. The molecule has 6 bridgehead atoms. The number of nitrogens with zero attached hydrogens (tertiary/aromatic N) is 4. The van der Waals surface area contributed by atoms with Crippen molar-refractivity contribution in [1.29, 1.82) is 0 Å². The largest absolute Gasteiger partial charge is 0.416 e. The van der Waals surface area contributed by atoms with Crippen LogP contribution >= 0.6 is 29.7 Å². The smallest absolute Gasteiger partial charge is 0.387 e. The topological polar surface area (TPSA) is 327 Å². The molecule has 21 atom stereocenters. The Bertz CT molecular complexity index is 3520. The molecule has 32 heteroatoms. The van der Waals surface area contributed by atoms with Gasteiger partial charge in [-0.2, -0.15) is 61.0 Å². The zero-order valence-corrected chi connectivity index (χ0v) is 59.7. The third kappa shape index (κ3) is 17.2. The number of cyclic esters (lactones) is 2. The fourth-order valence-corrected chi connectivity index (χ4v) is 17.3. The lowest BCUT2D eigenvalue weighted by Crippen LogP contribution is -2.46. The van der Waals surface area contributed by atoms with E-state index >= 15 is 0 Å². The Kier molecular flexibility index (Phi) is 27.7. The van der Waals surface area contributed by atoms with Gasteiger partial charge in [0.15, 0.2) is 5.78 Å². The second kappa shape index (κ2) is 33.8. The molecule has 0 aromatic heterocycles. The van der Waals surface area contributed by atoms with E-state index < -0.39 is 41.3 Å². The number of nitrogens with two attached hydrogens (primary N) is 2. The summed E-state index contributed by atoms with van der Waals surface area (Å²) < 4.78 is 78.0. The number of ether oxygens (including phenoxy) is 1. The highest BCUT2D eigenvalue weighted by Crippen LogP contribution is 2.70. The number of halogens is 6. The van der Waals surface area contributed by atoms with Crippen LogP contribution in [0.3, 0.4) is 0 Å².